The minimum atomic E-state index is -0.0583. The van der Waals surface area contributed by atoms with Crippen LogP contribution in [0.2, 0.25) is 0 Å². The lowest BCUT2D eigenvalue weighted by molar-refractivity contribution is 0.622. The quantitative estimate of drug-likeness (QED) is 0.171. The van der Waals surface area contributed by atoms with Gasteiger partial charge in [0.15, 0.2) is 0 Å². The van der Waals surface area contributed by atoms with Gasteiger partial charge in [0.25, 0.3) is 0 Å². The highest BCUT2D eigenvalue weighted by molar-refractivity contribution is 7.61. The Kier molecular flexibility index (Phi) is 14.4. The molecule has 0 aliphatic heterocycles. The second-order valence-electron chi connectivity index (χ2n) is 8.85. The molecule has 0 nitrogen and oxygen atoms in total. The van der Waals surface area contributed by atoms with Crippen molar-refractivity contribution in [3.63, 3.8) is 0 Å². The normalized spacial score (nSPS) is 11.1. The fourth-order valence-corrected chi connectivity index (χ4v) is 6.57. The molecule has 2 rings (SSSR count). The van der Waals surface area contributed by atoms with Gasteiger partial charge in [0.2, 0.25) is 0 Å². The van der Waals surface area contributed by atoms with Gasteiger partial charge in [0.05, 0.1) is 0 Å². The molecule has 0 aliphatic carbocycles. The molecular weight excluding hydrogens is 391 g/mol. The average Bonchev–Trinajstić information content (AvgIpc) is 2.82. The lowest BCUT2D eigenvalue weighted by atomic mass is 10.00. The summed E-state index contributed by atoms with van der Waals surface area (Å²) in [6.45, 7) is 4.61. The molecule has 0 bridgehead atoms. The van der Waals surface area contributed by atoms with Crippen LogP contribution in [0.4, 0.5) is 0 Å². The van der Waals surface area contributed by atoms with Crippen molar-refractivity contribution in [1.29, 1.82) is 0 Å². The monoisotopic (exact) mass is 436 g/mol. The molecule has 0 heterocycles. The number of hydrogen-bond donors (Lipinski definition) is 0. The van der Waals surface area contributed by atoms with Crippen molar-refractivity contribution in [2.75, 3.05) is 12.3 Å². The highest BCUT2D eigenvalue weighted by Gasteiger charge is 2.10. The Balaban J connectivity index is 2.06. The van der Waals surface area contributed by atoms with Crippen LogP contribution < -0.4 is 0 Å². The maximum absolute atomic E-state index is 2.68. The smallest absolute Gasteiger partial charge is 0.0107 e. The van der Waals surface area contributed by atoms with Crippen molar-refractivity contribution in [3.8, 4) is 0 Å². The lowest BCUT2D eigenvalue weighted by Crippen LogP contribution is -1.94. The molecule has 31 heavy (non-hydrogen) atoms. The molecule has 170 valence electrons. The molecule has 0 saturated carbocycles. The van der Waals surface area contributed by atoms with Gasteiger partial charge < -0.3 is 0 Å². The van der Waals surface area contributed by atoms with Gasteiger partial charge >= 0.3 is 0 Å². The van der Waals surface area contributed by atoms with Crippen LogP contribution in [0.15, 0.2) is 66.5 Å². The van der Waals surface area contributed by atoms with Crippen molar-refractivity contribution in [2.45, 2.75) is 90.9 Å². The van der Waals surface area contributed by atoms with Crippen LogP contribution in [-0.4, -0.2) is 12.3 Å². The van der Waals surface area contributed by atoms with Gasteiger partial charge in [-0.05, 0) is 41.9 Å². The minimum Gasteiger partial charge on any atom is -0.0826 e. The van der Waals surface area contributed by atoms with Gasteiger partial charge in [-0.25, -0.2) is 0 Å². The summed E-state index contributed by atoms with van der Waals surface area (Å²) < 4.78 is 0. The van der Waals surface area contributed by atoms with E-state index in [1.807, 2.05) is 0 Å². The summed E-state index contributed by atoms with van der Waals surface area (Å²) in [5.74, 6) is 2.68. The molecule has 0 fully saturated rings. The molecule has 0 radical (unpaired) electrons. The first-order chi connectivity index (χ1) is 15.3. The zero-order valence-corrected chi connectivity index (χ0v) is 21.1. The largest absolute Gasteiger partial charge is 0.0826 e. The zero-order valence-electron chi connectivity index (χ0n) is 20.2. The van der Waals surface area contributed by atoms with Crippen molar-refractivity contribution in [3.05, 3.63) is 77.6 Å². The molecule has 0 spiro atoms. The number of benzene rings is 2. The van der Waals surface area contributed by atoms with Gasteiger partial charge in [-0.1, -0.05) is 152 Å². The highest BCUT2D eigenvalue weighted by Crippen LogP contribution is 2.44. The maximum Gasteiger partial charge on any atom is -0.0107 e. The molecule has 0 aliphatic rings. The molecule has 2 aromatic rings. The predicted molar refractivity (Wildman–Crippen MR) is 143 cm³/mol. The molecule has 0 N–H and O–H groups in total. The Bertz CT molecular complexity index is 631. The van der Waals surface area contributed by atoms with E-state index >= 15 is 0 Å². The minimum absolute atomic E-state index is 0.0583. The summed E-state index contributed by atoms with van der Waals surface area (Å²) >= 11 is 0. The van der Waals surface area contributed by atoms with E-state index in [2.05, 4.69) is 80.3 Å². The second kappa shape index (κ2) is 17.2. The van der Waals surface area contributed by atoms with Crippen LogP contribution in [0.1, 0.15) is 102 Å². The first kappa shape index (κ1) is 25.9. The number of hydrogen-bond acceptors (Lipinski definition) is 0. The fraction of sp³-hybridized carbons (Fsp3) is 0.533. The van der Waals surface area contributed by atoms with Gasteiger partial charge in [0, 0.05) is 0 Å². The third-order valence-electron chi connectivity index (χ3n) is 6.08. The summed E-state index contributed by atoms with van der Waals surface area (Å²) in [5.41, 5.74) is 4.18. The molecule has 1 heteroatoms. The predicted octanol–water partition coefficient (Wildman–Crippen LogP) is 10.3. The van der Waals surface area contributed by atoms with Gasteiger partial charge in [-0.2, -0.15) is 0 Å². The van der Waals surface area contributed by atoms with Crippen LogP contribution in [-0.2, 0) is 0 Å². The van der Waals surface area contributed by atoms with Crippen LogP contribution in [0.5, 0.6) is 0 Å². The third kappa shape index (κ3) is 11.2. The Hall–Kier alpha value is -1.39. The van der Waals surface area contributed by atoms with E-state index in [0.29, 0.717) is 0 Å². The highest BCUT2D eigenvalue weighted by atomic mass is 31.1. The molecule has 0 atom stereocenters. The van der Waals surface area contributed by atoms with Crippen LogP contribution in [0.3, 0.4) is 0 Å². The van der Waals surface area contributed by atoms with E-state index in [-0.39, 0.29) is 7.92 Å². The maximum atomic E-state index is 2.68. The zero-order chi connectivity index (χ0) is 22.0. The Morgan fingerprint density at radius 1 is 0.548 bits per heavy atom. The topological polar surface area (TPSA) is 0 Å². The summed E-state index contributed by atoms with van der Waals surface area (Å²) in [6, 6.07) is 22.1. The standard InChI is InChI=1S/C30H45P/c1-3-5-7-9-11-19-25-31(26-20-12-10-8-6-4-2)27-30(28-21-15-13-16-22-28)29-23-17-14-18-24-29/h13-18,21-24,27H,3-12,19-20,25-26H2,1-2H3. The fourth-order valence-electron chi connectivity index (χ4n) is 4.17. The number of unbranched alkanes of at least 4 members (excludes halogenated alkanes) is 10. The van der Waals surface area contributed by atoms with Gasteiger partial charge in [-0.3, -0.25) is 0 Å². The van der Waals surface area contributed by atoms with E-state index in [1.165, 1.54) is 106 Å². The molecule has 0 amide bonds. The molecule has 2 aromatic carbocycles. The van der Waals surface area contributed by atoms with Crippen molar-refractivity contribution in [1.82, 2.24) is 0 Å². The van der Waals surface area contributed by atoms with Crippen LogP contribution in [0.25, 0.3) is 5.57 Å². The van der Waals surface area contributed by atoms with Gasteiger partial charge in [-0.15, -0.1) is 0 Å². The Morgan fingerprint density at radius 3 is 1.35 bits per heavy atom. The van der Waals surface area contributed by atoms with Crippen molar-refractivity contribution >= 4 is 13.5 Å². The van der Waals surface area contributed by atoms with Crippen LogP contribution in [0, 0.1) is 0 Å². The molecule has 0 saturated heterocycles. The SMILES string of the molecule is CCCCCCCCP(C=C(c1ccccc1)c1ccccc1)CCCCCCCC. The van der Waals surface area contributed by atoms with Crippen molar-refractivity contribution in [2.24, 2.45) is 0 Å². The molecule has 0 unspecified atom stereocenters. The van der Waals surface area contributed by atoms with Gasteiger partial charge in [0.1, 0.15) is 0 Å². The lowest BCUT2D eigenvalue weighted by Gasteiger charge is -2.17. The summed E-state index contributed by atoms with van der Waals surface area (Å²) in [4.78, 5) is 0. The van der Waals surface area contributed by atoms with E-state index in [4.69, 9.17) is 0 Å². The Labute approximate surface area is 194 Å². The number of rotatable bonds is 17. The molecule has 0 aromatic heterocycles. The van der Waals surface area contributed by atoms with E-state index in [9.17, 15) is 0 Å². The van der Waals surface area contributed by atoms with Crippen molar-refractivity contribution < 1.29 is 0 Å². The third-order valence-corrected chi connectivity index (χ3v) is 8.48. The first-order valence-corrected chi connectivity index (χ1v) is 14.7. The second-order valence-corrected chi connectivity index (χ2v) is 11.2. The molecular formula is C30H45P. The Morgan fingerprint density at radius 2 is 0.935 bits per heavy atom. The van der Waals surface area contributed by atoms with E-state index in [1.54, 1.807) is 0 Å². The van der Waals surface area contributed by atoms with Crippen LogP contribution >= 0.6 is 7.92 Å². The summed E-state index contributed by atoms with van der Waals surface area (Å²) in [6.07, 6.45) is 19.6. The summed E-state index contributed by atoms with van der Waals surface area (Å²) in [7, 11) is -0.0583. The summed E-state index contributed by atoms with van der Waals surface area (Å²) in [5, 5.41) is 0. The first-order valence-electron chi connectivity index (χ1n) is 12.9. The van der Waals surface area contributed by atoms with E-state index < -0.39 is 0 Å². The van der Waals surface area contributed by atoms with E-state index in [0.717, 1.165) is 0 Å². The average molecular weight is 437 g/mol.